The zero-order valence-electron chi connectivity index (χ0n) is 13.1. The van der Waals surface area contributed by atoms with E-state index in [0.29, 0.717) is 11.0 Å². The molecule has 1 fully saturated rings. The van der Waals surface area contributed by atoms with Gasteiger partial charge in [-0.05, 0) is 50.9 Å². The van der Waals surface area contributed by atoms with Crippen LogP contribution in [-0.4, -0.2) is 45.9 Å². The molecule has 0 aromatic heterocycles. The molecule has 1 aromatic rings. The molecule has 0 spiro atoms. The second-order valence-electron chi connectivity index (χ2n) is 5.95. The number of rotatable bonds is 5. The number of likely N-dealkylation sites (N-methyl/N-ethyl adjacent to an activating group) is 1. The Balaban J connectivity index is 1.99. The fourth-order valence-electron chi connectivity index (χ4n) is 2.68. The lowest BCUT2D eigenvalue weighted by atomic mass is 10.1. The number of nitrogens with zero attached hydrogens (tertiary/aromatic N) is 1. The summed E-state index contributed by atoms with van der Waals surface area (Å²) in [5.41, 5.74) is 1.13. The van der Waals surface area contributed by atoms with E-state index in [0.717, 1.165) is 25.1 Å². The van der Waals surface area contributed by atoms with Crippen LogP contribution in [0, 0.1) is 0 Å². The van der Waals surface area contributed by atoms with Gasteiger partial charge in [0, 0.05) is 25.4 Å². The zero-order valence-corrected chi connectivity index (χ0v) is 13.9. The molecule has 1 heterocycles. The predicted octanol–water partition coefficient (Wildman–Crippen LogP) is 2.65. The largest absolute Gasteiger partial charge is 0.377 e. The van der Waals surface area contributed by atoms with Gasteiger partial charge in [0.1, 0.15) is 0 Å². The summed E-state index contributed by atoms with van der Waals surface area (Å²) in [7, 11) is -1.03. The molecule has 1 saturated heterocycles. The lowest BCUT2D eigenvalue weighted by Gasteiger charge is -2.31. The van der Waals surface area contributed by atoms with Crippen LogP contribution < -0.4 is 0 Å². The van der Waals surface area contributed by atoms with Crippen LogP contribution in [0.4, 0.5) is 0 Å². The molecule has 2 unspecified atom stereocenters. The molecule has 4 nitrogen and oxygen atoms in total. The summed E-state index contributed by atoms with van der Waals surface area (Å²) in [6.07, 6.45) is 5.10. The molecular weight excluding hydrogens is 286 g/mol. The van der Waals surface area contributed by atoms with E-state index in [-0.39, 0.29) is 6.04 Å². The summed E-state index contributed by atoms with van der Waals surface area (Å²) in [4.78, 5) is 2.64. The number of hydrogen-bond donors (Lipinski definition) is 0. The molecule has 21 heavy (non-hydrogen) atoms. The molecule has 1 aromatic carbocycles. The molecule has 0 amide bonds. The van der Waals surface area contributed by atoms with E-state index < -0.39 is 9.84 Å². The lowest BCUT2D eigenvalue weighted by molar-refractivity contribution is -0.00715. The van der Waals surface area contributed by atoms with Crippen LogP contribution in [0.15, 0.2) is 29.2 Å². The number of sulfone groups is 1. The summed E-state index contributed by atoms with van der Waals surface area (Å²) < 4.78 is 28.7. The number of ether oxygens (including phenoxy) is 1. The topological polar surface area (TPSA) is 46.6 Å². The van der Waals surface area contributed by atoms with Gasteiger partial charge < -0.3 is 4.74 Å². The van der Waals surface area contributed by atoms with E-state index in [1.807, 2.05) is 12.1 Å². The second-order valence-corrected chi connectivity index (χ2v) is 7.96. The highest BCUT2D eigenvalue weighted by molar-refractivity contribution is 7.90. The van der Waals surface area contributed by atoms with Crippen molar-refractivity contribution in [2.75, 3.05) is 26.5 Å². The minimum Gasteiger partial charge on any atom is -0.377 e. The Labute approximate surface area is 128 Å². The van der Waals surface area contributed by atoms with E-state index in [4.69, 9.17) is 4.74 Å². The normalized spacial score (nSPS) is 21.4. The maximum absolute atomic E-state index is 11.5. The van der Waals surface area contributed by atoms with Gasteiger partial charge in [-0.25, -0.2) is 8.42 Å². The molecule has 0 bridgehead atoms. The third kappa shape index (κ3) is 4.53. The maximum Gasteiger partial charge on any atom is 0.175 e. The maximum atomic E-state index is 11.5. The van der Waals surface area contributed by atoms with Crippen LogP contribution in [0.25, 0.3) is 0 Å². The molecule has 1 aliphatic rings. The van der Waals surface area contributed by atoms with Gasteiger partial charge in [-0.15, -0.1) is 0 Å². The molecule has 0 aliphatic carbocycles. The fourth-order valence-corrected chi connectivity index (χ4v) is 3.31. The van der Waals surface area contributed by atoms with Crippen molar-refractivity contribution in [1.29, 1.82) is 0 Å². The van der Waals surface area contributed by atoms with Crippen molar-refractivity contribution >= 4 is 9.84 Å². The zero-order chi connectivity index (χ0) is 15.5. The van der Waals surface area contributed by atoms with Gasteiger partial charge in [-0.2, -0.15) is 0 Å². The SMILES string of the molecule is CC(c1ccc(S(C)(=O)=O)cc1)N(C)CC1CCCCO1. The molecule has 2 rings (SSSR count). The van der Waals surface area contributed by atoms with Crippen LogP contribution >= 0.6 is 0 Å². The Morgan fingerprint density at radius 1 is 1.29 bits per heavy atom. The Morgan fingerprint density at radius 2 is 1.95 bits per heavy atom. The van der Waals surface area contributed by atoms with Crippen LogP contribution in [-0.2, 0) is 14.6 Å². The van der Waals surface area contributed by atoms with Gasteiger partial charge in [-0.3, -0.25) is 4.90 Å². The first-order chi connectivity index (χ1) is 9.88. The highest BCUT2D eigenvalue weighted by Gasteiger charge is 2.19. The summed E-state index contributed by atoms with van der Waals surface area (Å²) in [6.45, 7) is 3.92. The number of benzene rings is 1. The molecule has 118 valence electrons. The standard InChI is InChI=1S/C16H25NO3S/c1-13(17(2)12-15-6-4-5-11-20-15)14-7-9-16(10-8-14)21(3,18)19/h7-10,13,15H,4-6,11-12H2,1-3H3. The molecule has 0 radical (unpaired) electrons. The van der Waals surface area contributed by atoms with E-state index >= 15 is 0 Å². The van der Waals surface area contributed by atoms with Gasteiger partial charge in [0.2, 0.25) is 0 Å². The Morgan fingerprint density at radius 3 is 2.48 bits per heavy atom. The first-order valence-corrected chi connectivity index (χ1v) is 9.39. The average molecular weight is 311 g/mol. The monoisotopic (exact) mass is 311 g/mol. The minimum absolute atomic E-state index is 0.240. The highest BCUT2D eigenvalue weighted by Crippen LogP contribution is 2.23. The average Bonchev–Trinajstić information content (AvgIpc) is 2.46. The van der Waals surface area contributed by atoms with Gasteiger partial charge in [0.15, 0.2) is 9.84 Å². The smallest absolute Gasteiger partial charge is 0.175 e. The van der Waals surface area contributed by atoms with Gasteiger partial charge >= 0.3 is 0 Å². The molecule has 0 N–H and O–H groups in total. The highest BCUT2D eigenvalue weighted by atomic mass is 32.2. The minimum atomic E-state index is -3.12. The van der Waals surface area contributed by atoms with Crippen LogP contribution in [0.2, 0.25) is 0 Å². The lowest BCUT2D eigenvalue weighted by Crippen LogP contribution is -2.34. The molecule has 1 aliphatic heterocycles. The Bertz CT molecular complexity index is 547. The van der Waals surface area contributed by atoms with E-state index in [9.17, 15) is 8.42 Å². The first kappa shape index (κ1) is 16.5. The second kappa shape index (κ2) is 6.90. The van der Waals surface area contributed by atoms with Crippen molar-refractivity contribution in [3.63, 3.8) is 0 Å². The van der Waals surface area contributed by atoms with Crippen LogP contribution in [0.1, 0.15) is 37.8 Å². The van der Waals surface area contributed by atoms with E-state index in [1.165, 1.54) is 19.1 Å². The molecule has 2 atom stereocenters. The fraction of sp³-hybridized carbons (Fsp3) is 0.625. The van der Waals surface area contributed by atoms with Crippen LogP contribution in [0.5, 0.6) is 0 Å². The van der Waals surface area contributed by atoms with Gasteiger partial charge in [-0.1, -0.05) is 12.1 Å². The quantitative estimate of drug-likeness (QED) is 0.839. The van der Waals surface area contributed by atoms with Crippen molar-refractivity contribution in [3.8, 4) is 0 Å². The van der Waals surface area contributed by atoms with E-state index in [2.05, 4.69) is 18.9 Å². The Hall–Kier alpha value is -0.910. The molecule has 5 heteroatoms. The van der Waals surface area contributed by atoms with Gasteiger partial charge in [0.25, 0.3) is 0 Å². The third-order valence-corrected chi connectivity index (χ3v) is 5.35. The van der Waals surface area contributed by atoms with Crippen molar-refractivity contribution in [1.82, 2.24) is 4.90 Å². The number of hydrogen-bond acceptors (Lipinski definition) is 4. The van der Waals surface area contributed by atoms with Crippen LogP contribution in [0.3, 0.4) is 0 Å². The third-order valence-electron chi connectivity index (χ3n) is 4.22. The van der Waals surface area contributed by atoms with Crippen molar-refractivity contribution < 1.29 is 13.2 Å². The predicted molar refractivity (Wildman–Crippen MR) is 84.2 cm³/mol. The molecule has 0 saturated carbocycles. The van der Waals surface area contributed by atoms with Crippen molar-refractivity contribution in [2.24, 2.45) is 0 Å². The van der Waals surface area contributed by atoms with E-state index in [1.54, 1.807) is 12.1 Å². The van der Waals surface area contributed by atoms with Crippen molar-refractivity contribution in [3.05, 3.63) is 29.8 Å². The summed E-state index contributed by atoms with van der Waals surface area (Å²) in [6, 6.07) is 7.42. The Kier molecular flexibility index (Phi) is 5.41. The van der Waals surface area contributed by atoms with Crippen molar-refractivity contribution in [2.45, 2.75) is 43.2 Å². The first-order valence-electron chi connectivity index (χ1n) is 7.50. The summed E-state index contributed by atoms with van der Waals surface area (Å²) in [5, 5.41) is 0. The summed E-state index contributed by atoms with van der Waals surface area (Å²) in [5.74, 6) is 0. The van der Waals surface area contributed by atoms with Gasteiger partial charge in [0.05, 0.1) is 11.0 Å². The summed E-state index contributed by atoms with van der Waals surface area (Å²) >= 11 is 0. The molecular formula is C16H25NO3S.